The summed E-state index contributed by atoms with van der Waals surface area (Å²) in [6, 6.07) is 7.53. The number of nitrogens with zero attached hydrogens (tertiary/aromatic N) is 2. The second-order valence-corrected chi connectivity index (χ2v) is 6.44. The Morgan fingerprint density at radius 3 is 2.50 bits per heavy atom. The van der Waals surface area contributed by atoms with Crippen molar-refractivity contribution in [3.05, 3.63) is 24.3 Å². The number of piperidine rings is 1. The number of halogens is 1. The summed E-state index contributed by atoms with van der Waals surface area (Å²) < 4.78 is 10.3. The number of carbonyl (C=O) groups is 2. The fraction of sp³-hybridized carbons (Fsp3) is 0.556. The highest BCUT2D eigenvalue weighted by molar-refractivity contribution is 5.93. The second-order valence-electron chi connectivity index (χ2n) is 6.44. The van der Waals surface area contributed by atoms with Crippen molar-refractivity contribution in [2.75, 3.05) is 44.9 Å². The van der Waals surface area contributed by atoms with Crippen molar-refractivity contribution in [3.8, 4) is 5.75 Å². The van der Waals surface area contributed by atoms with Crippen LogP contribution in [0, 0.1) is 0 Å². The van der Waals surface area contributed by atoms with Crippen LogP contribution in [-0.4, -0.2) is 62.3 Å². The third kappa shape index (κ3) is 3.88. The largest absolute Gasteiger partial charge is 0.482 e. The van der Waals surface area contributed by atoms with E-state index in [-0.39, 0.29) is 30.9 Å². The summed E-state index contributed by atoms with van der Waals surface area (Å²) in [6.07, 6.45) is 1.61. The van der Waals surface area contributed by atoms with E-state index in [1.807, 2.05) is 31.3 Å². The van der Waals surface area contributed by atoms with Crippen LogP contribution in [0.15, 0.2) is 24.3 Å². The van der Waals surface area contributed by atoms with Gasteiger partial charge >= 0.3 is 5.97 Å². The lowest BCUT2D eigenvalue weighted by Crippen LogP contribution is -2.55. The summed E-state index contributed by atoms with van der Waals surface area (Å²) in [4.78, 5) is 28.1. The molecule has 2 fully saturated rings. The van der Waals surface area contributed by atoms with Gasteiger partial charge in [0, 0.05) is 12.7 Å². The van der Waals surface area contributed by atoms with Crippen molar-refractivity contribution in [3.63, 3.8) is 0 Å². The van der Waals surface area contributed by atoms with E-state index in [4.69, 9.17) is 9.47 Å². The summed E-state index contributed by atoms with van der Waals surface area (Å²) in [5.41, 5.74) is 0.538. The fourth-order valence-corrected chi connectivity index (χ4v) is 3.60. The van der Waals surface area contributed by atoms with Crippen LogP contribution in [-0.2, 0) is 14.3 Å². The van der Waals surface area contributed by atoms with E-state index in [2.05, 4.69) is 10.2 Å². The molecule has 8 heteroatoms. The lowest BCUT2D eigenvalue weighted by atomic mass is 9.86. The van der Waals surface area contributed by atoms with E-state index in [0.29, 0.717) is 19.0 Å². The molecule has 2 aliphatic heterocycles. The number of likely N-dealkylation sites (N-methyl/N-ethyl adjacent to an activating group) is 1. The number of rotatable bonds is 5. The van der Waals surface area contributed by atoms with Gasteiger partial charge in [0.25, 0.3) is 0 Å². The van der Waals surface area contributed by atoms with E-state index in [9.17, 15) is 9.59 Å². The lowest BCUT2D eigenvalue weighted by molar-refractivity contribution is -0.145. The van der Waals surface area contributed by atoms with Crippen molar-refractivity contribution in [2.45, 2.75) is 25.3 Å². The Labute approximate surface area is 160 Å². The van der Waals surface area contributed by atoms with Crippen molar-refractivity contribution in [1.82, 2.24) is 10.2 Å². The first-order valence-electron chi connectivity index (χ1n) is 8.69. The first-order valence-corrected chi connectivity index (χ1v) is 8.69. The molecule has 144 valence electrons. The fourth-order valence-electron chi connectivity index (χ4n) is 3.60. The number of amides is 1. The Hall–Kier alpha value is -1.99. The molecule has 1 amide bonds. The quantitative estimate of drug-likeness (QED) is 0.775. The van der Waals surface area contributed by atoms with Gasteiger partial charge in [0.05, 0.1) is 13.3 Å². The maximum atomic E-state index is 12.8. The van der Waals surface area contributed by atoms with E-state index < -0.39 is 5.54 Å². The number of nitrogens with one attached hydrogen (secondary N) is 1. The van der Waals surface area contributed by atoms with Crippen molar-refractivity contribution >= 4 is 30.0 Å². The second kappa shape index (κ2) is 8.60. The molecular weight excluding hydrogens is 358 g/mol. The van der Waals surface area contributed by atoms with Crippen LogP contribution in [0.4, 0.5) is 5.69 Å². The van der Waals surface area contributed by atoms with Gasteiger partial charge in [-0.05, 0) is 57.1 Å². The zero-order valence-electron chi connectivity index (χ0n) is 15.2. The Bertz CT molecular complexity index is 632. The molecule has 0 unspecified atom stereocenters. The van der Waals surface area contributed by atoms with E-state index in [0.717, 1.165) is 31.6 Å². The topological polar surface area (TPSA) is 71.1 Å². The molecule has 0 atom stereocenters. The van der Waals surface area contributed by atoms with Crippen molar-refractivity contribution < 1.29 is 19.1 Å². The molecule has 2 heterocycles. The molecule has 1 aromatic rings. The van der Waals surface area contributed by atoms with Gasteiger partial charge in [-0.2, -0.15) is 0 Å². The number of anilines is 1. The van der Waals surface area contributed by atoms with Gasteiger partial charge < -0.3 is 24.6 Å². The van der Waals surface area contributed by atoms with E-state index >= 15 is 0 Å². The Morgan fingerprint density at radius 2 is 1.88 bits per heavy atom. The molecule has 0 aliphatic carbocycles. The van der Waals surface area contributed by atoms with Gasteiger partial charge in [-0.25, -0.2) is 4.79 Å². The lowest BCUT2D eigenvalue weighted by Gasteiger charge is -2.40. The molecule has 1 N–H and O–H groups in total. The van der Waals surface area contributed by atoms with Crippen LogP contribution in [0.1, 0.15) is 19.8 Å². The predicted molar refractivity (Wildman–Crippen MR) is 101 cm³/mol. The van der Waals surface area contributed by atoms with Crippen LogP contribution in [0.5, 0.6) is 5.75 Å². The van der Waals surface area contributed by atoms with Crippen molar-refractivity contribution in [1.29, 1.82) is 0 Å². The molecule has 0 saturated carbocycles. The first kappa shape index (κ1) is 20.3. The third-order valence-corrected chi connectivity index (χ3v) is 4.86. The summed E-state index contributed by atoms with van der Waals surface area (Å²) >= 11 is 0. The Morgan fingerprint density at radius 1 is 1.23 bits per heavy atom. The molecule has 2 aliphatic rings. The van der Waals surface area contributed by atoms with Crippen LogP contribution < -0.4 is 15.0 Å². The van der Waals surface area contributed by atoms with Gasteiger partial charge in [-0.15, -0.1) is 12.4 Å². The van der Waals surface area contributed by atoms with E-state index in [1.54, 1.807) is 11.8 Å². The molecule has 0 radical (unpaired) electrons. The van der Waals surface area contributed by atoms with Crippen LogP contribution in [0.3, 0.4) is 0 Å². The monoisotopic (exact) mass is 383 g/mol. The minimum absolute atomic E-state index is 0. The number of carbonyl (C=O) groups excluding carboxylic acids is 2. The van der Waals surface area contributed by atoms with Gasteiger partial charge in [-0.1, -0.05) is 0 Å². The minimum Gasteiger partial charge on any atom is -0.482 e. The Kier molecular flexibility index (Phi) is 6.72. The average molecular weight is 384 g/mol. The normalized spacial score (nSPS) is 18.6. The predicted octanol–water partition coefficient (Wildman–Crippen LogP) is 1.41. The molecule has 1 aromatic carbocycles. The van der Waals surface area contributed by atoms with Gasteiger partial charge in [0.2, 0.25) is 5.91 Å². The number of hydrogen-bond acceptors (Lipinski definition) is 6. The first-order chi connectivity index (χ1) is 12.1. The smallest absolute Gasteiger partial charge is 0.344 e. The minimum atomic E-state index is -0.451. The standard InChI is InChI=1S/C18H25N3O4.ClH/c1-3-24-16(22)12-25-15-6-4-14(5-7-15)21-13-20(2)17(23)18(21)8-10-19-11-9-18;/h4-7,19H,3,8-13H2,1-2H3;1H. The van der Waals surface area contributed by atoms with Crippen LogP contribution in [0.2, 0.25) is 0 Å². The molecule has 2 saturated heterocycles. The van der Waals surface area contributed by atoms with Crippen molar-refractivity contribution in [2.24, 2.45) is 0 Å². The van der Waals surface area contributed by atoms with Crippen LogP contribution in [0.25, 0.3) is 0 Å². The zero-order chi connectivity index (χ0) is 17.9. The Balaban J connectivity index is 0.00000243. The highest BCUT2D eigenvalue weighted by atomic mass is 35.5. The molecular formula is C18H26ClN3O4. The number of hydrogen-bond donors (Lipinski definition) is 1. The third-order valence-electron chi connectivity index (χ3n) is 4.86. The highest BCUT2D eigenvalue weighted by Crippen LogP contribution is 2.37. The van der Waals surface area contributed by atoms with Gasteiger partial charge in [-0.3, -0.25) is 4.79 Å². The maximum Gasteiger partial charge on any atom is 0.344 e. The molecule has 0 bridgehead atoms. The molecule has 26 heavy (non-hydrogen) atoms. The molecule has 7 nitrogen and oxygen atoms in total. The summed E-state index contributed by atoms with van der Waals surface area (Å²) in [6.45, 7) is 4.27. The summed E-state index contributed by atoms with van der Waals surface area (Å²) in [5.74, 6) is 0.415. The van der Waals surface area contributed by atoms with E-state index in [1.165, 1.54) is 0 Å². The molecule has 0 aromatic heterocycles. The summed E-state index contributed by atoms with van der Waals surface area (Å²) in [7, 11) is 1.85. The number of benzene rings is 1. The maximum absolute atomic E-state index is 12.8. The van der Waals surface area contributed by atoms with Crippen LogP contribution >= 0.6 is 12.4 Å². The molecule has 3 rings (SSSR count). The number of esters is 1. The molecule has 1 spiro atoms. The van der Waals surface area contributed by atoms with Gasteiger partial charge in [0.1, 0.15) is 11.3 Å². The average Bonchev–Trinajstić information content (AvgIpc) is 2.86. The van der Waals surface area contributed by atoms with Gasteiger partial charge in [0.15, 0.2) is 6.61 Å². The SMILES string of the molecule is CCOC(=O)COc1ccc(N2CN(C)C(=O)C23CCNCC3)cc1.Cl. The summed E-state index contributed by atoms with van der Waals surface area (Å²) in [5, 5.41) is 3.33. The highest BCUT2D eigenvalue weighted by Gasteiger charge is 2.51. The zero-order valence-corrected chi connectivity index (χ0v) is 16.0. The number of ether oxygens (including phenoxy) is 2.